The smallest absolute Gasteiger partial charge is 0.255 e. The average Bonchev–Trinajstić information content (AvgIpc) is 2.55. The van der Waals surface area contributed by atoms with Crippen molar-refractivity contribution in [1.29, 1.82) is 0 Å². The number of halogens is 1. The summed E-state index contributed by atoms with van der Waals surface area (Å²) < 4.78 is 0. The molecule has 0 aliphatic heterocycles. The van der Waals surface area contributed by atoms with Crippen molar-refractivity contribution in [2.45, 2.75) is 20.4 Å². The molecule has 1 aromatic carbocycles. The first kappa shape index (κ1) is 16.5. The van der Waals surface area contributed by atoms with Crippen LogP contribution >= 0.6 is 11.6 Å². The van der Waals surface area contributed by atoms with E-state index in [2.05, 4.69) is 29.0 Å². The van der Waals surface area contributed by atoms with Gasteiger partial charge in [-0.25, -0.2) is 4.98 Å². The molecule has 2 rings (SSSR count). The molecule has 1 N–H and O–H groups in total. The number of rotatable bonds is 6. The summed E-state index contributed by atoms with van der Waals surface area (Å²) in [6, 6.07) is 11.1. The second-order valence-electron chi connectivity index (χ2n) is 4.95. The van der Waals surface area contributed by atoms with Gasteiger partial charge >= 0.3 is 0 Å². The third-order valence-electron chi connectivity index (χ3n) is 3.52. The van der Waals surface area contributed by atoms with Crippen LogP contribution < -0.4 is 5.32 Å². The van der Waals surface area contributed by atoms with Gasteiger partial charge in [-0.1, -0.05) is 37.6 Å². The molecule has 1 heterocycles. The van der Waals surface area contributed by atoms with Crippen molar-refractivity contribution in [1.82, 2.24) is 9.88 Å². The zero-order valence-corrected chi connectivity index (χ0v) is 13.6. The van der Waals surface area contributed by atoms with Crippen LogP contribution in [0.3, 0.4) is 0 Å². The van der Waals surface area contributed by atoms with Crippen molar-refractivity contribution in [2.24, 2.45) is 0 Å². The van der Waals surface area contributed by atoms with Gasteiger partial charge in [0.1, 0.15) is 0 Å². The average molecular weight is 318 g/mol. The maximum absolute atomic E-state index is 12.2. The summed E-state index contributed by atoms with van der Waals surface area (Å²) in [5.74, 6) is -0.190. The molecule has 0 saturated carbocycles. The van der Waals surface area contributed by atoms with Gasteiger partial charge in [0, 0.05) is 18.3 Å². The minimum absolute atomic E-state index is 0.190. The highest BCUT2D eigenvalue weighted by molar-refractivity contribution is 6.32. The second kappa shape index (κ2) is 7.92. The van der Waals surface area contributed by atoms with E-state index in [-0.39, 0.29) is 11.1 Å². The Kier molecular flexibility index (Phi) is 5.92. The summed E-state index contributed by atoms with van der Waals surface area (Å²) in [5.41, 5.74) is 2.31. The van der Waals surface area contributed by atoms with E-state index in [1.165, 1.54) is 5.56 Å². The fraction of sp³-hybridized carbons (Fsp3) is 0.294. The topological polar surface area (TPSA) is 45.2 Å². The predicted molar refractivity (Wildman–Crippen MR) is 90.3 cm³/mol. The molecule has 0 aliphatic rings. The van der Waals surface area contributed by atoms with Gasteiger partial charge in [-0.15, -0.1) is 0 Å². The van der Waals surface area contributed by atoms with Crippen LogP contribution in [0.2, 0.25) is 5.15 Å². The number of carbonyl (C=O) groups excluding carboxylic acids is 1. The van der Waals surface area contributed by atoms with Gasteiger partial charge in [0.2, 0.25) is 0 Å². The minimum Gasteiger partial charge on any atom is -0.319 e. The number of carbonyl (C=O) groups is 1. The number of hydrogen-bond acceptors (Lipinski definition) is 3. The van der Waals surface area contributed by atoms with Gasteiger partial charge in [0.05, 0.1) is 5.69 Å². The largest absolute Gasteiger partial charge is 0.319 e. The maximum Gasteiger partial charge on any atom is 0.255 e. The first-order valence-electron chi connectivity index (χ1n) is 7.37. The Hall–Kier alpha value is -1.91. The molecule has 0 atom stereocenters. The third-order valence-corrected chi connectivity index (χ3v) is 3.83. The van der Waals surface area contributed by atoms with E-state index in [1.807, 2.05) is 24.3 Å². The molecule has 0 spiro atoms. The van der Waals surface area contributed by atoms with Crippen molar-refractivity contribution in [3.05, 3.63) is 58.9 Å². The van der Waals surface area contributed by atoms with Crippen molar-refractivity contribution < 1.29 is 4.79 Å². The highest BCUT2D eigenvalue weighted by Crippen LogP contribution is 2.18. The van der Waals surface area contributed by atoms with Crippen LogP contribution in [0, 0.1) is 0 Å². The molecular formula is C17H20ClN3O. The molecule has 116 valence electrons. The van der Waals surface area contributed by atoms with Gasteiger partial charge < -0.3 is 5.32 Å². The number of pyridine rings is 1. The van der Waals surface area contributed by atoms with E-state index in [4.69, 9.17) is 11.6 Å². The molecule has 0 bridgehead atoms. The van der Waals surface area contributed by atoms with Crippen LogP contribution in [0.4, 0.5) is 5.69 Å². The van der Waals surface area contributed by atoms with E-state index in [9.17, 15) is 4.79 Å². The lowest BCUT2D eigenvalue weighted by Gasteiger charge is -2.18. The molecule has 22 heavy (non-hydrogen) atoms. The molecule has 0 fully saturated rings. The molecule has 2 aromatic rings. The molecule has 1 aromatic heterocycles. The van der Waals surface area contributed by atoms with Crippen LogP contribution in [-0.4, -0.2) is 28.9 Å². The standard InChI is InChI=1S/C17H20ClN3O/c1-3-21(4-2)12-13-7-9-14(10-8-13)17(22)20-15-6-5-11-19-16(15)18/h5-11H,3-4,12H2,1-2H3,(H,20,22). The Morgan fingerprint density at radius 1 is 1.18 bits per heavy atom. The molecule has 1 amide bonds. The van der Waals surface area contributed by atoms with Gasteiger partial charge in [0.25, 0.3) is 5.91 Å². The molecular weight excluding hydrogens is 298 g/mol. The van der Waals surface area contributed by atoms with Crippen LogP contribution in [0.25, 0.3) is 0 Å². The van der Waals surface area contributed by atoms with E-state index in [1.54, 1.807) is 18.3 Å². The fourth-order valence-electron chi connectivity index (χ4n) is 2.14. The summed E-state index contributed by atoms with van der Waals surface area (Å²) >= 11 is 5.94. The van der Waals surface area contributed by atoms with Crippen LogP contribution in [0.15, 0.2) is 42.6 Å². The number of hydrogen-bond donors (Lipinski definition) is 1. The number of benzene rings is 1. The Morgan fingerprint density at radius 3 is 2.45 bits per heavy atom. The van der Waals surface area contributed by atoms with Crippen molar-refractivity contribution >= 4 is 23.2 Å². The highest BCUT2D eigenvalue weighted by Gasteiger charge is 2.09. The third kappa shape index (κ3) is 4.29. The number of amides is 1. The summed E-state index contributed by atoms with van der Waals surface area (Å²) in [6.45, 7) is 7.20. The number of anilines is 1. The Labute approximate surface area is 136 Å². The molecule has 0 aliphatic carbocycles. The van der Waals surface area contributed by atoms with Gasteiger partial charge in [-0.05, 0) is 42.9 Å². The van der Waals surface area contributed by atoms with E-state index < -0.39 is 0 Å². The first-order valence-corrected chi connectivity index (χ1v) is 7.75. The Morgan fingerprint density at radius 2 is 1.86 bits per heavy atom. The van der Waals surface area contributed by atoms with E-state index in [0.29, 0.717) is 11.3 Å². The van der Waals surface area contributed by atoms with Crippen LogP contribution in [-0.2, 0) is 6.54 Å². The monoisotopic (exact) mass is 317 g/mol. The van der Waals surface area contributed by atoms with Crippen molar-refractivity contribution in [3.8, 4) is 0 Å². The van der Waals surface area contributed by atoms with Crippen LogP contribution in [0.5, 0.6) is 0 Å². The molecule has 5 heteroatoms. The maximum atomic E-state index is 12.2. The second-order valence-corrected chi connectivity index (χ2v) is 5.31. The SMILES string of the molecule is CCN(CC)Cc1ccc(C(=O)Nc2cccnc2Cl)cc1. The van der Waals surface area contributed by atoms with E-state index >= 15 is 0 Å². The van der Waals surface area contributed by atoms with Gasteiger partial charge in [0.15, 0.2) is 5.15 Å². The zero-order chi connectivity index (χ0) is 15.9. The minimum atomic E-state index is -0.190. The predicted octanol–water partition coefficient (Wildman–Crippen LogP) is 3.83. The summed E-state index contributed by atoms with van der Waals surface area (Å²) in [4.78, 5) is 18.5. The first-order chi connectivity index (χ1) is 10.6. The van der Waals surface area contributed by atoms with E-state index in [0.717, 1.165) is 19.6 Å². The molecule has 0 saturated heterocycles. The number of aromatic nitrogens is 1. The lowest BCUT2D eigenvalue weighted by atomic mass is 10.1. The fourth-order valence-corrected chi connectivity index (χ4v) is 2.31. The van der Waals surface area contributed by atoms with Crippen molar-refractivity contribution in [2.75, 3.05) is 18.4 Å². The Balaban J connectivity index is 2.04. The number of nitrogens with one attached hydrogen (secondary N) is 1. The summed E-state index contributed by atoms with van der Waals surface area (Å²) in [6.07, 6.45) is 1.58. The molecule has 4 nitrogen and oxygen atoms in total. The molecule has 0 radical (unpaired) electrons. The molecule has 0 unspecified atom stereocenters. The Bertz CT molecular complexity index is 624. The number of nitrogens with zero attached hydrogens (tertiary/aromatic N) is 2. The van der Waals surface area contributed by atoms with Crippen LogP contribution in [0.1, 0.15) is 29.8 Å². The highest BCUT2D eigenvalue weighted by atomic mass is 35.5. The lowest BCUT2D eigenvalue weighted by Crippen LogP contribution is -2.22. The van der Waals surface area contributed by atoms with Gasteiger partial charge in [-0.2, -0.15) is 0 Å². The van der Waals surface area contributed by atoms with Crippen molar-refractivity contribution in [3.63, 3.8) is 0 Å². The summed E-state index contributed by atoms with van der Waals surface area (Å²) in [5, 5.41) is 3.05. The zero-order valence-electron chi connectivity index (χ0n) is 12.8. The van der Waals surface area contributed by atoms with Gasteiger partial charge in [-0.3, -0.25) is 9.69 Å². The quantitative estimate of drug-likeness (QED) is 0.824. The lowest BCUT2D eigenvalue weighted by molar-refractivity contribution is 0.102. The normalized spacial score (nSPS) is 10.7. The summed E-state index contributed by atoms with van der Waals surface area (Å²) in [7, 11) is 0.